The monoisotopic (exact) mass is 275 g/mol. The van der Waals surface area contributed by atoms with Crippen molar-refractivity contribution in [2.45, 2.75) is 19.1 Å². The molecule has 5 nitrogen and oxygen atoms in total. The van der Waals surface area contributed by atoms with E-state index in [9.17, 15) is 18.7 Å². The number of benzene rings is 1. The largest absolute Gasteiger partial charge is 0.504 e. The number of nitrogens with two attached hydrogens (primary N) is 1. The summed E-state index contributed by atoms with van der Waals surface area (Å²) in [6, 6.07) is 0.209. The van der Waals surface area contributed by atoms with Crippen LogP contribution in [0, 0.1) is 5.82 Å². The molecule has 0 saturated carbocycles. The second kappa shape index (κ2) is 6.33. The van der Waals surface area contributed by atoms with Gasteiger partial charge in [0.1, 0.15) is 5.82 Å². The highest BCUT2D eigenvalue weighted by Gasteiger charge is 2.31. The van der Waals surface area contributed by atoms with Crippen molar-refractivity contribution in [3.8, 4) is 11.5 Å². The van der Waals surface area contributed by atoms with Gasteiger partial charge in [-0.05, 0) is 13.0 Å². The molecule has 0 amide bonds. The SMILES string of the molecule is CCOC(=O)C(F)[C@H](N)c1cc(F)cc(OC)c1O. The van der Waals surface area contributed by atoms with Crippen molar-refractivity contribution in [1.82, 2.24) is 0 Å². The summed E-state index contributed by atoms with van der Waals surface area (Å²) in [5.74, 6) is -2.64. The normalized spacial score (nSPS) is 13.7. The van der Waals surface area contributed by atoms with E-state index in [4.69, 9.17) is 10.5 Å². The van der Waals surface area contributed by atoms with Gasteiger partial charge in [0.05, 0.1) is 19.8 Å². The molecule has 7 heteroatoms. The lowest BCUT2D eigenvalue weighted by Gasteiger charge is -2.18. The summed E-state index contributed by atoms with van der Waals surface area (Å²) in [4.78, 5) is 11.2. The zero-order chi connectivity index (χ0) is 14.6. The summed E-state index contributed by atoms with van der Waals surface area (Å²) in [5.41, 5.74) is 5.24. The Bertz CT molecular complexity index is 467. The van der Waals surface area contributed by atoms with Crippen LogP contribution in [-0.4, -0.2) is 31.0 Å². The molecule has 0 heterocycles. The fourth-order valence-corrected chi connectivity index (χ4v) is 1.53. The molecular formula is C12H15F2NO4. The number of aromatic hydroxyl groups is 1. The summed E-state index contributed by atoms with van der Waals surface area (Å²) < 4.78 is 36.2. The first-order valence-electron chi connectivity index (χ1n) is 5.55. The van der Waals surface area contributed by atoms with Crippen LogP contribution in [0.2, 0.25) is 0 Å². The number of hydrogen-bond donors (Lipinski definition) is 2. The maximum atomic E-state index is 13.7. The number of halogens is 2. The lowest BCUT2D eigenvalue weighted by atomic mass is 10.0. The zero-order valence-electron chi connectivity index (χ0n) is 10.5. The van der Waals surface area contributed by atoms with Crippen molar-refractivity contribution in [1.29, 1.82) is 0 Å². The molecule has 0 aliphatic heterocycles. The smallest absolute Gasteiger partial charge is 0.342 e. The number of alkyl halides is 1. The number of carbonyl (C=O) groups excluding carboxylic acids is 1. The van der Waals surface area contributed by atoms with E-state index < -0.39 is 29.7 Å². The van der Waals surface area contributed by atoms with Crippen molar-refractivity contribution < 1.29 is 28.2 Å². The average Bonchev–Trinajstić information content (AvgIpc) is 2.39. The van der Waals surface area contributed by atoms with Crippen molar-refractivity contribution in [2.24, 2.45) is 5.73 Å². The minimum absolute atomic E-state index is 0.00950. The van der Waals surface area contributed by atoms with Crippen LogP contribution in [0.15, 0.2) is 12.1 Å². The fraction of sp³-hybridized carbons (Fsp3) is 0.417. The van der Waals surface area contributed by atoms with Crippen LogP contribution in [-0.2, 0) is 9.53 Å². The summed E-state index contributed by atoms with van der Waals surface area (Å²) in [7, 11) is 1.21. The summed E-state index contributed by atoms with van der Waals surface area (Å²) in [5, 5.41) is 9.75. The molecule has 19 heavy (non-hydrogen) atoms. The van der Waals surface area contributed by atoms with E-state index in [1.807, 2.05) is 0 Å². The van der Waals surface area contributed by atoms with Crippen LogP contribution < -0.4 is 10.5 Å². The second-order valence-electron chi connectivity index (χ2n) is 3.73. The molecule has 0 fully saturated rings. The number of methoxy groups -OCH3 is 1. The van der Waals surface area contributed by atoms with Crippen LogP contribution in [0.5, 0.6) is 11.5 Å². The van der Waals surface area contributed by atoms with Gasteiger partial charge in [-0.15, -0.1) is 0 Å². The van der Waals surface area contributed by atoms with Crippen LogP contribution in [0.25, 0.3) is 0 Å². The van der Waals surface area contributed by atoms with Gasteiger partial charge in [0, 0.05) is 11.6 Å². The molecule has 0 radical (unpaired) electrons. The maximum Gasteiger partial charge on any atom is 0.342 e. The minimum atomic E-state index is -2.21. The molecule has 0 bridgehead atoms. The van der Waals surface area contributed by atoms with E-state index in [-0.39, 0.29) is 17.9 Å². The number of phenolic OH excluding ortho intramolecular Hbond substituents is 1. The molecule has 3 N–H and O–H groups in total. The highest BCUT2D eigenvalue weighted by molar-refractivity contribution is 5.76. The molecule has 0 saturated heterocycles. The van der Waals surface area contributed by atoms with Gasteiger partial charge in [0.15, 0.2) is 11.5 Å². The standard InChI is InChI=1S/C12H15F2NO4/c1-3-19-12(17)9(14)10(15)7-4-6(13)5-8(18-2)11(7)16/h4-5,9-10,16H,3,15H2,1-2H3/t9?,10-/m1/s1. The molecule has 1 aromatic carbocycles. The molecule has 0 aliphatic carbocycles. The number of carbonyl (C=O) groups is 1. The minimum Gasteiger partial charge on any atom is -0.504 e. The highest BCUT2D eigenvalue weighted by Crippen LogP contribution is 2.35. The molecule has 1 unspecified atom stereocenters. The van der Waals surface area contributed by atoms with Gasteiger partial charge >= 0.3 is 5.97 Å². The summed E-state index contributed by atoms with van der Waals surface area (Å²) in [6.45, 7) is 1.50. The summed E-state index contributed by atoms with van der Waals surface area (Å²) in [6.07, 6.45) is -2.21. The third-order valence-corrected chi connectivity index (χ3v) is 2.48. The van der Waals surface area contributed by atoms with E-state index in [2.05, 4.69) is 4.74 Å². The first-order valence-corrected chi connectivity index (χ1v) is 5.55. The number of rotatable bonds is 5. The number of ether oxygens (including phenoxy) is 2. The third-order valence-electron chi connectivity index (χ3n) is 2.48. The van der Waals surface area contributed by atoms with Crippen LogP contribution in [0.4, 0.5) is 8.78 Å². The van der Waals surface area contributed by atoms with Crippen LogP contribution >= 0.6 is 0 Å². The van der Waals surface area contributed by atoms with Gasteiger partial charge in [-0.2, -0.15) is 0 Å². The van der Waals surface area contributed by atoms with E-state index in [1.165, 1.54) is 14.0 Å². The highest BCUT2D eigenvalue weighted by atomic mass is 19.1. The Balaban J connectivity index is 3.08. The number of esters is 1. The fourth-order valence-electron chi connectivity index (χ4n) is 1.53. The number of phenols is 1. The van der Waals surface area contributed by atoms with Crippen molar-refractivity contribution >= 4 is 5.97 Å². The molecule has 1 rings (SSSR count). The first kappa shape index (κ1) is 15.2. The van der Waals surface area contributed by atoms with Crippen LogP contribution in [0.1, 0.15) is 18.5 Å². The predicted molar refractivity (Wildman–Crippen MR) is 63.1 cm³/mol. The second-order valence-corrected chi connectivity index (χ2v) is 3.73. The molecule has 0 spiro atoms. The van der Waals surface area contributed by atoms with E-state index >= 15 is 0 Å². The van der Waals surface area contributed by atoms with Crippen molar-refractivity contribution in [3.63, 3.8) is 0 Å². The Morgan fingerprint density at radius 1 is 1.53 bits per heavy atom. The quantitative estimate of drug-likeness (QED) is 0.795. The van der Waals surface area contributed by atoms with Gasteiger partial charge < -0.3 is 20.3 Å². The first-order chi connectivity index (χ1) is 8.92. The lowest BCUT2D eigenvalue weighted by Crippen LogP contribution is -2.31. The third kappa shape index (κ3) is 3.31. The van der Waals surface area contributed by atoms with E-state index in [0.29, 0.717) is 0 Å². The Hall–Kier alpha value is -1.89. The Kier molecular flexibility index (Phi) is 5.05. The lowest BCUT2D eigenvalue weighted by molar-refractivity contribution is -0.149. The van der Waals surface area contributed by atoms with E-state index in [0.717, 1.165) is 12.1 Å². The van der Waals surface area contributed by atoms with Crippen LogP contribution in [0.3, 0.4) is 0 Å². The van der Waals surface area contributed by atoms with Crippen molar-refractivity contribution in [3.05, 3.63) is 23.5 Å². The van der Waals surface area contributed by atoms with Gasteiger partial charge in [0.2, 0.25) is 6.17 Å². The maximum absolute atomic E-state index is 13.7. The van der Waals surface area contributed by atoms with Crippen molar-refractivity contribution in [2.75, 3.05) is 13.7 Å². The van der Waals surface area contributed by atoms with Gasteiger partial charge in [-0.25, -0.2) is 13.6 Å². The average molecular weight is 275 g/mol. The number of hydrogen-bond acceptors (Lipinski definition) is 5. The van der Waals surface area contributed by atoms with Gasteiger partial charge in [-0.1, -0.05) is 0 Å². The molecule has 0 aliphatic rings. The Morgan fingerprint density at radius 2 is 2.16 bits per heavy atom. The molecule has 106 valence electrons. The zero-order valence-corrected chi connectivity index (χ0v) is 10.5. The summed E-state index contributed by atoms with van der Waals surface area (Å²) >= 11 is 0. The van der Waals surface area contributed by atoms with E-state index in [1.54, 1.807) is 0 Å². The topological polar surface area (TPSA) is 81.8 Å². The molecular weight excluding hydrogens is 260 g/mol. The van der Waals surface area contributed by atoms with Gasteiger partial charge in [-0.3, -0.25) is 0 Å². The Labute approximate surface area is 108 Å². The molecule has 2 atom stereocenters. The molecule has 1 aromatic rings. The molecule has 0 aromatic heterocycles. The van der Waals surface area contributed by atoms with Gasteiger partial charge in [0.25, 0.3) is 0 Å². The predicted octanol–water partition coefficient (Wildman–Crippen LogP) is 1.44. The Morgan fingerprint density at radius 3 is 2.68 bits per heavy atom.